The fraction of sp³-hybridized carbons (Fsp3) is 0.200. The number of hydrogen-bond donors (Lipinski definition) is 1. The van der Waals surface area contributed by atoms with Crippen molar-refractivity contribution in [3.8, 4) is 0 Å². The lowest BCUT2D eigenvalue weighted by atomic mass is 10.4. The topological polar surface area (TPSA) is 123 Å². The van der Waals surface area contributed by atoms with Crippen LogP contribution in [0.1, 0.15) is 11.6 Å². The minimum Gasteiger partial charge on any atom is -0.312 e. The molecule has 0 spiro atoms. The zero-order valence-electron chi connectivity index (χ0n) is 13.8. The van der Waals surface area contributed by atoms with Crippen LogP contribution in [0.3, 0.4) is 0 Å². The number of hydrogen-bond acceptors (Lipinski definition) is 9. The van der Waals surface area contributed by atoms with Crippen LogP contribution in [-0.2, 0) is 0 Å². The van der Waals surface area contributed by atoms with Gasteiger partial charge in [0.1, 0.15) is 28.4 Å². The molecule has 4 rings (SSSR count). The number of nitrogens with zero attached hydrogens (tertiary/aromatic N) is 7. The van der Waals surface area contributed by atoms with E-state index in [4.69, 9.17) is 0 Å². The average molecular weight is 354 g/mol. The molecule has 0 bridgehead atoms. The molecule has 126 valence electrons. The van der Waals surface area contributed by atoms with Gasteiger partial charge in [0.25, 0.3) is 5.56 Å². The molecule has 0 aliphatic rings. The second-order valence-electron chi connectivity index (χ2n) is 4.92. The quantitative estimate of drug-likeness (QED) is 0.400. The Morgan fingerprint density at radius 2 is 1.52 bits per heavy atom. The zero-order chi connectivity index (χ0) is 17.8. The summed E-state index contributed by atoms with van der Waals surface area (Å²) in [5, 5.41) is 2.26. The van der Waals surface area contributed by atoms with Gasteiger partial charge < -0.3 is 4.98 Å². The maximum absolute atomic E-state index is 11.1. The summed E-state index contributed by atoms with van der Waals surface area (Å²) >= 11 is 1.57. The maximum atomic E-state index is 11.1. The Bertz CT molecular complexity index is 1100. The molecule has 0 saturated carbocycles. The summed E-state index contributed by atoms with van der Waals surface area (Å²) in [5.74, 6) is 1.35. The van der Waals surface area contributed by atoms with Gasteiger partial charge in [-0.05, 0) is 20.1 Å². The van der Waals surface area contributed by atoms with Crippen molar-refractivity contribution >= 4 is 33.8 Å². The van der Waals surface area contributed by atoms with Gasteiger partial charge in [0.05, 0.1) is 11.7 Å². The lowest BCUT2D eigenvalue weighted by Gasteiger charge is -2.00. The van der Waals surface area contributed by atoms with Crippen molar-refractivity contribution in [3.63, 3.8) is 0 Å². The number of thioether (sulfide) groups is 1. The first-order valence-corrected chi connectivity index (χ1v) is 8.46. The molecule has 0 amide bonds. The number of fused-ring (bicyclic) bond motifs is 2. The van der Waals surface area contributed by atoms with Crippen molar-refractivity contribution in [2.75, 3.05) is 6.26 Å². The van der Waals surface area contributed by atoms with Gasteiger partial charge in [0.15, 0.2) is 11.3 Å². The van der Waals surface area contributed by atoms with Crippen molar-refractivity contribution in [1.82, 2.24) is 39.9 Å². The van der Waals surface area contributed by atoms with E-state index in [2.05, 4.69) is 39.9 Å². The Morgan fingerprint density at radius 1 is 0.880 bits per heavy atom. The molecular formula is C15H14N8OS. The molecule has 25 heavy (non-hydrogen) atoms. The Labute approximate surface area is 146 Å². The minimum atomic E-state index is -0.208. The van der Waals surface area contributed by atoms with Crippen LogP contribution in [0.2, 0.25) is 0 Å². The molecule has 0 radical (unpaired) electrons. The first kappa shape index (κ1) is 16.8. The van der Waals surface area contributed by atoms with Gasteiger partial charge in [0, 0.05) is 12.4 Å². The Hall–Kier alpha value is -3.01. The SMILES string of the molecule is CSc1ncnc2nc(C)ncc12.Cc1ncc2c(=O)[nH]cnc2n1. The monoisotopic (exact) mass is 354 g/mol. The van der Waals surface area contributed by atoms with E-state index in [9.17, 15) is 4.79 Å². The Morgan fingerprint density at radius 3 is 2.20 bits per heavy atom. The molecule has 0 atom stereocenters. The molecule has 4 heterocycles. The Balaban J connectivity index is 0.000000146. The highest BCUT2D eigenvalue weighted by molar-refractivity contribution is 7.98. The highest BCUT2D eigenvalue weighted by Crippen LogP contribution is 2.19. The predicted molar refractivity (Wildman–Crippen MR) is 94.3 cm³/mol. The normalized spacial score (nSPS) is 10.5. The molecule has 4 aromatic heterocycles. The van der Waals surface area contributed by atoms with Crippen molar-refractivity contribution in [2.45, 2.75) is 18.9 Å². The fourth-order valence-electron chi connectivity index (χ4n) is 2.02. The van der Waals surface area contributed by atoms with Crippen LogP contribution in [0.4, 0.5) is 0 Å². The zero-order valence-corrected chi connectivity index (χ0v) is 14.6. The molecule has 4 aromatic rings. The third kappa shape index (κ3) is 3.74. The third-order valence-corrected chi connectivity index (χ3v) is 3.90. The van der Waals surface area contributed by atoms with Crippen LogP contribution in [0.25, 0.3) is 22.1 Å². The first-order chi connectivity index (χ1) is 12.1. The standard InChI is InChI=1S/C8H8N4S.C7H6N4O/c1-5-9-3-6-7(12-5)10-4-11-8(6)13-2;1-4-8-2-5-6(11-4)9-3-10-7(5)12/h3-4H,1-2H3;2-3H,1H3,(H,8,9,10,11,12). The third-order valence-electron chi connectivity index (χ3n) is 3.18. The molecule has 0 aliphatic heterocycles. The molecule has 1 N–H and O–H groups in total. The number of nitrogens with one attached hydrogen (secondary N) is 1. The van der Waals surface area contributed by atoms with E-state index < -0.39 is 0 Å². The van der Waals surface area contributed by atoms with Gasteiger partial charge >= 0.3 is 0 Å². The van der Waals surface area contributed by atoms with Gasteiger partial charge in [-0.15, -0.1) is 11.8 Å². The largest absolute Gasteiger partial charge is 0.312 e. The van der Waals surface area contributed by atoms with Gasteiger partial charge in [-0.25, -0.2) is 34.9 Å². The molecule has 9 nitrogen and oxygen atoms in total. The number of aromatic amines is 1. The second-order valence-corrected chi connectivity index (χ2v) is 5.72. The Kier molecular flexibility index (Phi) is 4.89. The van der Waals surface area contributed by atoms with E-state index >= 15 is 0 Å². The van der Waals surface area contributed by atoms with Gasteiger partial charge in [0.2, 0.25) is 0 Å². The summed E-state index contributed by atoms with van der Waals surface area (Å²) in [5.41, 5.74) is 0.943. The lowest BCUT2D eigenvalue weighted by molar-refractivity contribution is 1.02. The van der Waals surface area contributed by atoms with E-state index in [0.29, 0.717) is 22.5 Å². The summed E-state index contributed by atoms with van der Waals surface area (Å²) in [7, 11) is 0. The van der Waals surface area contributed by atoms with Gasteiger partial charge in [-0.1, -0.05) is 0 Å². The highest BCUT2D eigenvalue weighted by Gasteiger charge is 2.03. The lowest BCUT2D eigenvalue weighted by Crippen LogP contribution is -2.08. The fourth-order valence-corrected chi connectivity index (χ4v) is 2.54. The van der Waals surface area contributed by atoms with E-state index in [1.54, 1.807) is 24.9 Å². The van der Waals surface area contributed by atoms with Crippen molar-refractivity contribution in [1.29, 1.82) is 0 Å². The van der Waals surface area contributed by atoms with Crippen molar-refractivity contribution < 1.29 is 0 Å². The minimum absolute atomic E-state index is 0.208. The molecular weight excluding hydrogens is 340 g/mol. The van der Waals surface area contributed by atoms with Crippen LogP contribution in [0, 0.1) is 13.8 Å². The van der Waals surface area contributed by atoms with Crippen molar-refractivity contribution in [2.24, 2.45) is 0 Å². The van der Waals surface area contributed by atoms with E-state index in [1.165, 1.54) is 18.9 Å². The number of rotatable bonds is 1. The van der Waals surface area contributed by atoms with Crippen molar-refractivity contribution in [3.05, 3.63) is 47.1 Å². The average Bonchev–Trinajstić information content (AvgIpc) is 2.61. The number of aromatic nitrogens is 8. The molecule has 0 unspecified atom stereocenters. The summed E-state index contributed by atoms with van der Waals surface area (Å²) in [6.07, 6.45) is 8.08. The number of H-pyrrole nitrogens is 1. The summed E-state index contributed by atoms with van der Waals surface area (Å²) in [6.45, 7) is 3.60. The van der Waals surface area contributed by atoms with E-state index in [0.717, 1.165) is 16.2 Å². The van der Waals surface area contributed by atoms with Crippen LogP contribution in [0.5, 0.6) is 0 Å². The molecule has 0 fully saturated rings. The first-order valence-electron chi connectivity index (χ1n) is 7.24. The van der Waals surface area contributed by atoms with Crippen LogP contribution < -0.4 is 5.56 Å². The summed E-state index contributed by atoms with van der Waals surface area (Å²) < 4.78 is 0. The smallest absolute Gasteiger partial charge is 0.261 e. The maximum Gasteiger partial charge on any atom is 0.261 e. The van der Waals surface area contributed by atoms with Crippen LogP contribution >= 0.6 is 11.8 Å². The van der Waals surface area contributed by atoms with Gasteiger partial charge in [-0.2, -0.15) is 0 Å². The number of aryl methyl sites for hydroxylation is 2. The van der Waals surface area contributed by atoms with E-state index in [-0.39, 0.29) is 5.56 Å². The molecule has 0 aromatic carbocycles. The summed E-state index contributed by atoms with van der Waals surface area (Å²) in [6, 6.07) is 0. The predicted octanol–water partition coefficient (Wildman–Crippen LogP) is 1.47. The second kappa shape index (κ2) is 7.26. The highest BCUT2D eigenvalue weighted by atomic mass is 32.2. The molecule has 0 aliphatic carbocycles. The molecule has 10 heteroatoms. The summed E-state index contributed by atoms with van der Waals surface area (Å²) in [4.78, 5) is 41.9. The van der Waals surface area contributed by atoms with Gasteiger partial charge in [-0.3, -0.25) is 4.79 Å². The van der Waals surface area contributed by atoms with Crippen LogP contribution in [-0.4, -0.2) is 46.1 Å². The molecule has 0 saturated heterocycles. The van der Waals surface area contributed by atoms with E-state index in [1.807, 2.05) is 13.2 Å². The van der Waals surface area contributed by atoms with Crippen LogP contribution in [0.15, 0.2) is 34.9 Å².